The summed E-state index contributed by atoms with van der Waals surface area (Å²) in [5.41, 5.74) is -3.21. The molecule has 25 heavy (non-hydrogen) atoms. The number of hydrogen-bond acceptors (Lipinski definition) is 4. The number of methoxy groups -OCH3 is 1. The number of halogens is 4. The van der Waals surface area contributed by atoms with Crippen LogP contribution in [0.5, 0.6) is 0 Å². The first kappa shape index (κ1) is 17.4. The number of hydrogen-bond donors (Lipinski definition) is 1. The van der Waals surface area contributed by atoms with Gasteiger partial charge in [-0.2, -0.15) is 17.6 Å². The summed E-state index contributed by atoms with van der Waals surface area (Å²) < 4.78 is 61.1. The van der Waals surface area contributed by atoms with Gasteiger partial charge in [-0.1, -0.05) is 0 Å². The van der Waals surface area contributed by atoms with Gasteiger partial charge in [-0.05, 0) is 25.0 Å². The van der Waals surface area contributed by atoms with Crippen molar-refractivity contribution in [1.82, 2.24) is 9.55 Å². The van der Waals surface area contributed by atoms with E-state index in [0.29, 0.717) is 6.42 Å². The number of alkyl halides is 3. The highest BCUT2D eigenvalue weighted by atomic mass is 19.4. The molecule has 1 N–H and O–H groups in total. The summed E-state index contributed by atoms with van der Waals surface area (Å²) in [6, 6.07) is 2.46. The highest BCUT2D eigenvalue weighted by Crippen LogP contribution is 2.46. The third kappa shape index (κ3) is 2.78. The van der Waals surface area contributed by atoms with Crippen molar-refractivity contribution in [2.75, 3.05) is 7.11 Å². The molecule has 0 aromatic carbocycles. The predicted molar refractivity (Wildman–Crippen MR) is 78.2 cm³/mol. The summed E-state index contributed by atoms with van der Waals surface area (Å²) in [5, 5.41) is 10.2. The lowest BCUT2D eigenvalue weighted by atomic mass is 10.0. The second-order valence-electron chi connectivity index (χ2n) is 5.62. The molecule has 5 nitrogen and oxygen atoms in total. The number of carbonyl (C=O) groups is 1. The number of ether oxygens (including phenoxy) is 1. The maximum absolute atomic E-state index is 14.1. The molecule has 2 aromatic rings. The van der Waals surface area contributed by atoms with Crippen LogP contribution in [0.4, 0.5) is 17.6 Å². The van der Waals surface area contributed by atoms with E-state index < -0.39 is 41.0 Å². The van der Waals surface area contributed by atoms with Crippen molar-refractivity contribution >= 4 is 5.97 Å². The summed E-state index contributed by atoms with van der Waals surface area (Å²) in [6.07, 6.45) is -4.54. The van der Waals surface area contributed by atoms with Gasteiger partial charge in [-0.3, -0.25) is 0 Å². The second-order valence-corrected chi connectivity index (χ2v) is 5.62. The summed E-state index contributed by atoms with van der Waals surface area (Å²) in [5.74, 6) is -2.32. The average Bonchev–Trinajstić information content (AvgIpc) is 2.91. The van der Waals surface area contributed by atoms with E-state index in [1.807, 2.05) is 0 Å². The van der Waals surface area contributed by atoms with Gasteiger partial charge in [0.05, 0.1) is 41.3 Å². The zero-order valence-corrected chi connectivity index (χ0v) is 13.1. The minimum Gasteiger partial charge on any atom is -0.465 e. The van der Waals surface area contributed by atoms with Crippen LogP contribution in [0.25, 0.3) is 11.3 Å². The van der Waals surface area contributed by atoms with Crippen LogP contribution >= 0.6 is 0 Å². The van der Waals surface area contributed by atoms with E-state index in [4.69, 9.17) is 0 Å². The number of aromatic nitrogens is 2. The average molecular weight is 358 g/mol. The fraction of sp³-hybridized carbons (Fsp3) is 0.375. The normalized spacial score (nSPS) is 17.3. The van der Waals surface area contributed by atoms with Gasteiger partial charge in [-0.25, -0.2) is 9.78 Å². The molecule has 0 spiro atoms. The topological polar surface area (TPSA) is 64.3 Å². The number of aliphatic hydroxyl groups is 1. The fourth-order valence-electron chi connectivity index (χ4n) is 3.22. The first-order valence-corrected chi connectivity index (χ1v) is 7.48. The molecule has 1 aliphatic heterocycles. The van der Waals surface area contributed by atoms with Crippen LogP contribution in [0, 0.1) is 5.95 Å². The SMILES string of the molecule is COC(=O)c1c(C(F)(F)F)c(-c2cccnc2F)n2c1C(O)CCC2. The molecule has 0 saturated carbocycles. The largest absolute Gasteiger partial charge is 0.465 e. The molecule has 1 atom stereocenters. The molecular weight excluding hydrogens is 344 g/mol. The minimum atomic E-state index is -4.95. The van der Waals surface area contributed by atoms with Gasteiger partial charge in [0.2, 0.25) is 5.95 Å². The van der Waals surface area contributed by atoms with Crippen LogP contribution in [0.3, 0.4) is 0 Å². The predicted octanol–water partition coefficient (Wildman–Crippen LogP) is 3.32. The maximum Gasteiger partial charge on any atom is 0.419 e. The Balaban J connectivity index is 2.46. The van der Waals surface area contributed by atoms with E-state index in [2.05, 4.69) is 9.72 Å². The van der Waals surface area contributed by atoms with E-state index >= 15 is 0 Å². The molecule has 3 heterocycles. The third-order valence-corrected chi connectivity index (χ3v) is 4.17. The summed E-state index contributed by atoms with van der Waals surface area (Å²) >= 11 is 0. The van der Waals surface area contributed by atoms with E-state index in [9.17, 15) is 27.5 Å². The van der Waals surface area contributed by atoms with Crippen LogP contribution in [0.1, 0.15) is 40.6 Å². The van der Waals surface area contributed by atoms with Crippen LogP contribution in [-0.4, -0.2) is 27.7 Å². The van der Waals surface area contributed by atoms with Gasteiger partial charge in [0.15, 0.2) is 0 Å². The Morgan fingerprint density at radius 3 is 2.76 bits per heavy atom. The number of carbonyl (C=O) groups excluding carboxylic acids is 1. The molecule has 0 bridgehead atoms. The lowest BCUT2D eigenvalue weighted by Gasteiger charge is -2.23. The van der Waals surface area contributed by atoms with Crippen molar-refractivity contribution in [3.05, 3.63) is 41.1 Å². The first-order valence-electron chi connectivity index (χ1n) is 7.48. The molecule has 0 fully saturated rings. The molecule has 0 amide bonds. The molecular formula is C16H14F4N2O3. The Bertz CT molecular complexity index is 830. The maximum atomic E-state index is 14.1. The molecule has 9 heteroatoms. The zero-order chi connectivity index (χ0) is 18.4. The number of fused-ring (bicyclic) bond motifs is 1. The van der Waals surface area contributed by atoms with Crippen LogP contribution in [-0.2, 0) is 17.5 Å². The smallest absolute Gasteiger partial charge is 0.419 e. The molecule has 0 saturated heterocycles. The number of rotatable bonds is 2. The minimum absolute atomic E-state index is 0.107. The molecule has 0 aliphatic carbocycles. The standard InChI is InChI=1S/C16H14F4N2O3/c1-25-15(24)10-11(16(18,19)20)12(8-4-2-6-21-14(8)17)22-7-3-5-9(23)13(10)22/h2,4,6,9,23H,3,5,7H2,1H3. The van der Waals surface area contributed by atoms with Crippen LogP contribution in [0.2, 0.25) is 0 Å². The highest BCUT2D eigenvalue weighted by molar-refractivity contribution is 5.96. The van der Waals surface area contributed by atoms with Crippen LogP contribution in [0.15, 0.2) is 18.3 Å². The summed E-state index contributed by atoms with van der Waals surface area (Å²) in [6.45, 7) is 0.107. The van der Waals surface area contributed by atoms with E-state index in [1.165, 1.54) is 6.07 Å². The van der Waals surface area contributed by atoms with Crippen LogP contribution < -0.4 is 0 Å². The number of esters is 1. The van der Waals surface area contributed by atoms with Gasteiger partial charge >= 0.3 is 12.1 Å². The van der Waals surface area contributed by atoms with Gasteiger partial charge < -0.3 is 14.4 Å². The lowest BCUT2D eigenvalue weighted by Crippen LogP contribution is -2.19. The van der Waals surface area contributed by atoms with Crippen molar-refractivity contribution in [2.45, 2.75) is 31.7 Å². The molecule has 1 aliphatic rings. The van der Waals surface area contributed by atoms with Crippen molar-refractivity contribution < 1.29 is 32.2 Å². The summed E-state index contributed by atoms with van der Waals surface area (Å²) in [7, 11) is 0.950. The number of nitrogens with zero attached hydrogens (tertiary/aromatic N) is 2. The van der Waals surface area contributed by atoms with Gasteiger partial charge in [0.1, 0.15) is 0 Å². The molecule has 0 radical (unpaired) electrons. The van der Waals surface area contributed by atoms with Crippen molar-refractivity contribution in [2.24, 2.45) is 0 Å². The van der Waals surface area contributed by atoms with Gasteiger partial charge in [0.25, 0.3) is 0 Å². The lowest BCUT2D eigenvalue weighted by molar-refractivity contribution is -0.137. The van der Waals surface area contributed by atoms with Gasteiger partial charge in [-0.15, -0.1) is 0 Å². The Morgan fingerprint density at radius 2 is 2.16 bits per heavy atom. The van der Waals surface area contributed by atoms with Gasteiger partial charge in [0, 0.05) is 12.7 Å². The molecule has 2 aromatic heterocycles. The zero-order valence-electron chi connectivity index (χ0n) is 13.1. The van der Waals surface area contributed by atoms with Crippen molar-refractivity contribution in [1.29, 1.82) is 0 Å². The molecule has 3 rings (SSSR count). The molecule has 1 unspecified atom stereocenters. The Kier molecular flexibility index (Phi) is 4.28. The van der Waals surface area contributed by atoms with E-state index in [0.717, 1.165) is 23.9 Å². The molecule has 134 valence electrons. The Hall–Kier alpha value is -2.42. The number of aliphatic hydroxyl groups excluding tert-OH is 1. The Labute approximate surface area is 139 Å². The quantitative estimate of drug-likeness (QED) is 0.508. The second kappa shape index (κ2) is 6.14. The Morgan fingerprint density at radius 1 is 1.44 bits per heavy atom. The highest BCUT2D eigenvalue weighted by Gasteiger charge is 2.46. The third-order valence-electron chi connectivity index (χ3n) is 4.17. The van der Waals surface area contributed by atoms with Crippen molar-refractivity contribution in [3.8, 4) is 11.3 Å². The van der Waals surface area contributed by atoms with E-state index in [1.54, 1.807) is 0 Å². The van der Waals surface area contributed by atoms with E-state index in [-0.39, 0.29) is 24.2 Å². The monoisotopic (exact) mass is 358 g/mol. The van der Waals surface area contributed by atoms with Crippen molar-refractivity contribution in [3.63, 3.8) is 0 Å². The first-order chi connectivity index (χ1) is 11.8. The number of pyridine rings is 1. The fourth-order valence-corrected chi connectivity index (χ4v) is 3.22. The summed E-state index contributed by atoms with van der Waals surface area (Å²) in [4.78, 5) is 15.5.